The number of hydrogen-bond acceptors (Lipinski definition) is 3. The van der Waals surface area contributed by atoms with Crippen molar-refractivity contribution in [3.8, 4) is 0 Å². The third-order valence-corrected chi connectivity index (χ3v) is 3.46. The minimum atomic E-state index is 0.485. The molecule has 1 N–H and O–H groups in total. The zero-order valence-corrected chi connectivity index (χ0v) is 11.2. The topological polar surface area (TPSA) is 24.5 Å². The highest BCUT2D eigenvalue weighted by Crippen LogP contribution is 2.13. The van der Waals surface area contributed by atoms with Gasteiger partial charge < -0.3 is 10.1 Å². The first-order valence-electron chi connectivity index (χ1n) is 6.81. The summed E-state index contributed by atoms with van der Waals surface area (Å²) < 4.78 is 5.70. The Bertz CT molecular complexity index is 169. The molecule has 0 aliphatic carbocycles. The molecule has 1 aliphatic rings. The predicted molar refractivity (Wildman–Crippen MR) is 68.8 cm³/mol. The SMILES string of the molecule is CCCC(CN(CC)CC1CCCO1)NC. The van der Waals surface area contributed by atoms with Gasteiger partial charge in [-0.2, -0.15) is 0 Å². The van der Waals surface area contributed by atoms with Crippen LogP contribution in [0.5, 0.6) is 0 Å². The molecule has 1 aliphatic heterocycles. The van der Waals surface area contributed by atoms with Crippen LogP contribution in [0, 0.1) is 0 Å². The normalized spacial score (nSPS) is 22.9. The van der Waals surface area contributed by atoms with Gasteiger partial charge in [-0.05, 0) is 32.9 Å². The maximum Gasteiger partial charge on any atom is 0.0702 e. The van der Waals surface area contributed by atoms with Gasteiger partial charge in [0, 0.05) is 25.7 Å². The van der Waals surface area contributed by atoms with Crippen LogP contribution in [0.25, 0.3) is 0 Å². The number of ether oxygens (including phenoxy) is 1. The van der Waals surface area contributed by atoms with E-state index in [-0.39, 0.29) is 0 Å². The van der Waals surface area contributed by atoms with Gasteiger partial charge in [-0.3, -0.25) is 4.90 Å². The molecule has 16 heavy (non-hydrogen) atoms. The molecule has 2 atom stereocenters. The van der Waals surface area contributed by atoms with Crippen LogP contribution in [0.4, 0.5) is 0 Å². The van der Waals surface area contributed by atoms with Gasteiger partial charge in [-0.15, -0.1) is 0 Å². The van der Waals surface area contributed by atoms with Crippen molar-refractivity contribution in [2.45, 2.75) is 51.7 Å². The van der Waals surface area contributed by atoms with E-state index in [0.29, 0.717) is 12.1 Å². The second-order valence-electron chi connectivity index (χ2n) is 4.76. The largest absolute Gasteiger partial charge is 0.377 e. The Balaban J connectivity index is 2.28. The Kier molecular flexibility index (Phi) is 7.01. The zero-order chi connectivity index (χ0) is 11.8. The molecule has 3 nitrogen and oxygen atoms in total. The molecule has 2 unspecified atom stereocenters. The molecule has 3 heteroatoms. The summed E-state index contributed by atoms with van der Waals surface area (Å²) in [6.07, 6.45) is 5.49. The third-order valence-electron chi connectivity index (χ3n) is 3.46. The van der Waals surface area contributed by atoms with E-state index < -0.39 is 0 Å². The Hall–Kier alpha value is -0.120. The number of hydrogen-bond donors (Lipinski definition) is 1. The molecule has 0 amide bonds. The molecule has 1 fully saturated rings. The van der Waals surface area contributed by atoms with E-state index in [2.05, 4.69) is 31.1 Å². The maximum atomic E-state index is 5.70. The third kappa shape index (κ3) is 4.81. The van der Waals surface area contributed by atoms with Crippen LogP contribution in [0.3, 0.4) is 0 Å². The summed E-state index contributed by atoms with van der Waals surface area (Å²) >= 11 is 0. The molecule has 0 radical (unpaired) electrons. The first kappa shape index (κ1) is 13.9. The number of nitrogens with one attached hydrogen (secondary N) is 1. The van der Waals surface area contributed by atoms with Crippen LogP contribution in [0.15, 0.2) is 0 Å². The molecule has 0 aromatic heterocycles. The molecule has 1 saturated heterocycles. The summed E-state index contributed by atoms with van der Waals surface area (Å²) in [5.74, 6) is 0. The highest BCUT2D eigenvalue weighted by atomic mass is 16.5. The van der Waals surface area contributed by atoms with E-state index in [9.17, 15) is 0 Å². The predicted octanol–water partition coefficient (Wildman–Crippen LogP) is 1.88. The van der Waals surface area contributed by atoms with Gasteiger partial charge in [0.1, 0.15) is 0 Å². The lowest BCUT2D eigenvalue weighted by Gasteiger charge is -2.28. The minimum absolute atomic E-state index is 0.485. The van der Waals surface area contributed by atoms with Gasteiger partial charge in [-0.1, -0.05) is 20.3 Å². The summed E-state index contributed by atoms with van der Waals surface area (Å²) in [6, 6.07) is 0.631. The van der Waals surface area contributed by atoms with Gasteiger partial charge in [-0.25, -0.2) is 0 Å². The quantitative estimate of drug-likeness (QED) is 0.686. The van der Waals surface area contributed by atoms with Gasteiger partial charge in [0.05, 0.1) is 6.10 Å². The van der Waals surface area contributed by atoms with E-state index in [0.717, 1.165) is 26.2 Å². The second kappa shape index (κ2) is 8.04. The Morgan fingerprint density at radius 1 is 1.44 bits per heavy atom. The highest BCUT2D eigenvalue weighted by molar-refractivity contribution is 4.74. The van der Waals surface area contributed by atoms with E-state index in [4.69, 9.17) is 4.74 Å². The van der Waals surface area contributed by atoms with E-state index >= 15 is 0 Å². The summed E-state index contributed by atoms with van der Waals surface area (Å²) in [6.45, 7) is 8.85. The summed E-state index contributed by atoms with van der Waals surface area (Å²) in [5.41, 5.74) is 0. The molecule has 0 spiro atoms. The molecule has 1 heterocycles. The lowest BCUT2D eigenvalue weighted by molar-refractivity contribution is 0.0714. The van der Waals surface area contributed by atoms with Crippen molar-refractivity contribution >= 4 is 0 Å². The smallest absolute Gasteiger partial charge is 0.0702 e. The van der Waals surface area contributed by atoms with Crippen LogP contribution >= 0.6 is 0 Å². The van der Waals surface area contributed by atoms with Crippen molar-refractivity contribution in [2.24, 2.45) is 0 Å². The number of nitrogens with zero attached hydrogens (tertiary/aromatic N) is 1. The maximum absolute atomic E-state index is 5.70. The van der Waals surface area contributed by atoms with Crippen molar-refractivity contribution in [1.29, 1.82) is 0 Å². The average molecular weight is 228 g/mol. The Morgan fingerprint density at radius 2 is 2.25 bits per heavy atom. The monoisotopic (exact) mass is 228 g/mol. The molecule has 1 rings (SSSR count). The van der Waals surface area contributed by atoms with E-state index in [1.165, 1.54) is 25.7 Å². The highest BCUT2D eigenvalue weighted by Gasteiger charge is 2.19. The lowest BCUT2D eigenvalue weighted by Crippen LogP contribution is -2.42. The van der Waals surface area contributed by atoms with Gasteiger partial charge in [0.2, 0.25) is 0 Å². The Labute approximate surface area is 101 Å². The first-order valence-corrected chi connectivity index (χ1v) is 6.81. The van der Waals surface area contributed by atoms with Crippen LogP contribution in [0.2, 0.25) is 0 Å². The summed E-state index contributed by atoms with van der Waals surface area (Å²) in [5, 5.41) is 3.41. The van der Waals surface area contributed by atoms with Crippen molar-refractivity contribution in [1.82, 2.24) is 10.2 Å². The van der Waals surface area contributed by atoms with Crippen molar-refractivity contribution < 1.29 is 4.74 Å². The lowest BCUT2D eigenvalue weighted by atomic mass is 10.1. The number of likely N-dealkylation sites (N-methyl/N-ethyl adjacent to an activating group) is 2. The minimum Gasteiger partial charge on any atom is -0.377 e. The molecular formula is C13H28N2O. The summed E-state index contributed by atoms with van der Waals surface area (Å²) in [7, 11) is 2.07. The van der Waals surface area contributed by atoms with Crippen molar-refractivity contribution in [3.05, 3.63) is 0 Å². The second-order valence-corrected chi connectivity index (χ2v) is 4.76. The van der Waals surface area contributed by atoms with Gasteiger partial charge in [0.15, 0.2) is 0 Å². The van der Waals surface area contributed by atoms with Crippen molar-refractivity contribution in [3.63, 3.8) is 0 Å². The average Bonchev–Trinajstić information content (AvgIpc) is 2.80. The molecule has 0 aromatic rings. The Morgan fingerprint density at radius 3 is 2.75 bits per heavy atom. The van der Waals surface area contributed by atoms with Gasteiger partial charge >= 0.3 is 0 Å². The van der Waals surface area contributed by atoms with E-state index in [1.807, 2.05) is 0 Å². The van der Waals surface area contributed by atoms with Crippen LogP contribution in [-0.2, 0) is 4.74 Å². The van der Waals surface area contributed by atoms with Crippen LogP contribution < -0.4 is 5.32 Å². The fourth-order valence-electron chi connectivity index (χ4n) is 2.40. The van der Waals surface area contributed by atoms with E-state index in [1.54, 1.807) is 0 Å². The number of rotatable bonds is 8. The molecule has 0 bridgehead atoms. The molecule has 0 aromatic carbocycles. The van der Waals surface area contributed by atoms with Crippen LogP contribution in [0.1, 0.15) is 39.5 Å². The zero-order valence-electron chi connectivity index (χ0n) is 11.2. The molecule has 0 saturated carbocycles. The van der Waals surface area contributed by atoms with Crippen LogP contribution in [-0.4, -0.2) is 50.3 Å². The molecular weight excluding hydrogens is 200 g/mol. The molecule has 96 valence electrons. The standard InChI is InChI=1S/C13H28N2O/c1-4-7-12(14-3)10-15(5-2)11-13-8-6-9-16-13/h12-14H,4-11H2,1-3H3. The van der Waals surface area contributed by atoms with Crippen molar-refractivity contribution in [2.75, 3.05) is 33.3 Å². The fraction of sp³-hybridized carbons (Fsp3) is 1.00. The first-order chi connectivity index (χ1) is 7.80. The summed E-state index contributed by atoms with van der Waals surface area (Å²) in [4.78, 5) is 2.52. The van der Waals surface area contributed by atoms with Gasteiger partial charge in [0.25, 0.3) is 0 Å². The fourth-order valence-corrected chi connectivity index (χ4v) is 2.40.